The lowest BCUT2D eigenvalue weighted by Crippen LogP contribution is -2.19. The Morgan fingerprint density at radius 1 is 1.39 bits per heavy atom. The molecular weight excluding hydrogens is 314 g/mol. The average Bonchev–Trinajstić information content (AvgIpc) is 3.20. The van der Waals surface area contributed by atoms with Gasteiger partial charge in [-0.15, -0.1) is 11.8 Å². The van der Waals surface area contributed by atoms with Crippen LogP contribution in [0.15, 0.2) is 22.9 Å². The molecule has 0 saturated carbocycles. The number of aryl methyl sites for hydroxylation is 1. The van der Waals surface area contributed by atoms with Gasteiger partial charge in [-0.05, 0) is 25.0 Å². The lowest BCUT2D eigenvalue weighted by Gasteiger charge is -2.16. The number of nitrogens with one attached hydrogen (secondary N) is 1. The Balaban J connectivity index is 1.43. The second kappa shape index (κ2) is 7.45. The molecule has 0 atom stereocenters. The number of amides is 1. The molecule has 0 aromatic carbocycles. The van der Waals surface area contributed by atoms with Crippen LogP contribution in [0, 0.1) is 6.92 Å². The highest BCUT2D eigenvalue weighted by Gasteiger charge is 2.13. The fraction of sp³-hybridized carbons (Fsp3) is 0.467. The summed E-state index contributed by atoms with van der Waals surface area (Å²) in [6.07, 6.45) is 4.15. The molecule has 3 rings (SSSR count). The molecule has 0 unspecified atom stereocenters. The SMILES string of the molecule is Cc1nc(CSCC(=O)Nc2ccc(N3CCCC3)nc2)no1. The van der Waals surface area contributed by atoms with Crippen molar-refractivity contribution in [1.82, 2.24) is 15.1 Å². The summed E-state index contributed by atoms with van der Waals surface area (Å²) in [6.45, 7) is 3.86. The zero-order valence-electron chi connectivity index (χ0n) is 13.0. The van der Waals surface area contributed by atoms with E-state index >= 15 is 0 Å². The number of aromatic nitrogens is 3. The van der Waals surface area contributed by atoms with Crippen molar-refractivity contribution < 1.29 is 9.32 Å². The van der Waals surface area contributed by atoms with Crippen LogP contribution in [0.5, 0.6) is 0 Å². The molecule has 1 fully saturated rings. The van der Waals surface area contributed by atoms with Crippen LogP contribution in [0.2, 0.25) is 0 Å². The number of thioether (sulfide) groups is 1. The van der Waals surface area contributed by atoms with E-state index in [1.165, 1.54) is 24.6 Å². The van der Waals surface area contributed by atoms with Crippen LogP contribution in [0.1, 0.15) is 24.6 Å². The van der Waals surface area contributed by atoms with Gasteiger partial charge in [-0.2, -0.15) is 4.98 Å². The smallest absolute Gasteiger partial charge is 0.234 e. The van der Waals surface area contributed by atoms with Crippen molar-refractivity contribution >= 4 is 29.2 Å². The third kappa shape index (κ3) is 4.44. The second-order valence-electron chi connectivity index (χ2n) is 5.37. The highest BCUT2D eigenvalue weighted by molar-refractivity contribution is 7.99. The number of rotatable bonds is 6. The lowest BCUT2D eigenvalue weighted by molar-refractivity contribution is -0.113. The first-order valence-corrected chi connectivity index (χ1v) is 8.74. The molecular formula is C15H19N5O2S. The number of nitrogens with zero attached hydrogens (tertiary/aromatic N) is 4. The number of carbonyl (C=O) groups excluding carboxylic acids is 1. The van der Waals surface area contributed by atoms with Gasteiger partial charge in [0.25, 0.3) is 0 Å². The summed E-state index contributed by atoms with van der Waals surface area (Å²) in [5.74, 6) is 2.94. The summed E-state index contributed by atoms with van der Waals surface area (Å²) >= 11 is 1.44. The van der Waals surface area contributed by atoms with Crippen LogP contribution in [0.4, 0.5) is 11.5 Å². The van der Waals surface area contributed by atoms with E-state index in [4.69, 9.17) is 4.52 Å². The van der Waals surface area contributed by atoms with E-state index in [2.05, 4.69) is 25.3 Å². The van der Waals surface area contributed by atoms with E-state index in [1.807, 2.05) is 12.1 Å². The number of hydrogen-bond donors (Lipinski definition) is 1. The van der Waals surface area contributed by atoms with Crippen LogP contribution in [0.3, 0.4) is 0 Å². The third-order valence-corrected chi connectivity index (χ3v) is 4.42. The normalized spacial score (nSPS) is 14.2. The maximum absolute atomic E-state index is 11.9. The standard InChI is InChI=1S/C15H19N5O2S/c1-11-17-13(19-22-11)9-23-10-15(21)18-12-4-5-14(16-8-12)20-6-2-3-7-20/h4-5,8H,2-3,6-7,9-10H2,1H3,(H,18,21). The quantitative estimate of drug-likeness (QED) is 0.868. The van der Waals surface area contributed by atoms with Gasteiger partial charge < -0.3 is 14.7 Å². The molecule has 0 radical (unpaired) electrons. The molecule has 8 heteroatoms. The fourth-order valence-corrected chi connectivity index (χ4v) is 3.08. The first kappa shape index (κ1) is 15.8. The van der Waals surface area contributed by atoms with E-state index in [9.17, 15) is 4.79 Å². The second-order valence-corrected chi connectivity index (χ2v) is 6.36. The summed E-state index contributed by atoms with van der Waals surface area (Å²) < 4.78 is 4.88. The van der Waals surface area contributed by atoms with E-state index < -0.39 is 0 Å². The van der Waals surface area contributed by atoms with Gasteiger partial charge in [-0.3, -0.25) is 4.79 Å². The molecule has 0 aliphatic carbocycles. The van der Waals surface area contributed by atoms with Crippen molar-refractivity contribution in [2.24, 2.45) is 0 Å². The number of anilines is 2. The number of pyridine rings is 1. The molecule has 7 nitrogen and oxygen atoms in total. The van der Waals surface area contributed by atoms with Crippen molar-refractivity contribution in [2.75, 3.05) is 29.1 Å². The zero-order chi connectivity index (χ0) is 16.1. The van der Waals surface area contributed by atoms with Gasteiger partial charge in [-0.25, -0.2) is 4.98 Å². The summed E-state index contributed by atoms with van der Waals surface area (Å²) in [5, 5.41) is 6.64. The molecule has 3 heterocycles. The van der Waals surface area contributed by atoms with Gasteiger partial charge in [0.15, 0.2) is 5.82 Å². The Labute approximate surface area is 138 Å². The third-order valence-electron chi connectivity index (χ3n) is 3.50. The van der Waals surface area contributed by atoms with Crippen molar-refractivity contribution in [2.45, 2.75) is 25.5 Å². The topological polar surface area (TPSA) is 84.2 Å². The Morgan fingerprint density at radius 3 is 2.87 bits per heavy atom. The monoisotopic (exact) mass is 333 g/mol. The van der Waals surface area contributed by atoms with Crippen LogP contribution in [-0.4, -0.2) is 39.9 Å². The van der Waals surface area contributed by atoms with Gasteiger partial charge in [0.05, 0.1) is 23.4 Å². The summed E-state index contributed by atoms with van der Waals surface area (Å²) in [4.78, 5) is 22.7. The summed E-state index contributed by atoms with van der Waals surface area (Å²) in [7, 11) is 0. The number of carbonyl (C=O) groups is 1. The Hall–Kier alpha value is -2.09. The maximum atomic E-state index is 11.9. The van der Waals surface area contributed by atoms with Gasteiger partial charge in [-0.1, -0.05) is 5.16 Å². The predicted octanol–water partition coefficient (Wildman–Crippen LogP) is 2.25. The first-order chi connectivity index (χ1) is 11.2. The van der Waals surface area contributed by atoms with Gasteiger partial charge in [0.1, 0.15) is 5.82 Å². The molecule has 1 amide bonds. The first-order valence-electron chi connectivity index (χ1n) is 7.58. The van der Waals surface area contributed by atoms with Crippen molar-refractivity contribution in [3.63, 3.8) is 0 Å². The van der Waals surface area contributed by atoms with Crippen molar-refractivity contribution in [1.29, 1.82) is 0 Å². The van der Waals surface area contributed by atoms with Crippen LogP contribution in [-0.2, 0) is 10.5 Å². The minimum atomic E-state index is -0.0639. The van der Waals surface area contributed by atoms with E-state index in [-0.39, 0.29) is 5.91 Å². The Bertz CT molecular complexity index is 652. The van der Waals surface area contributed by atoms with Crippen molar-refractivity contribution in [3.8, 4) is 0 Å². The summed E-state index contributed by atoms with van der Waals surface area (Å²) in [5.41, 5.74) is 0.717. The molecule has 2 aromatic rings. The van der Waals surface area contributed by atoms with Crippen molar-refractivity contribution in [3.05, 3.63) is 30.0 Å². The van der Waals surface area contributed by atoms with Crippen LogP contribution < -0.4 is 10.2 Å². The fourth-order valence-electron chi connectivity index (χ4n) is 2.43. The molecule has 23 heavy (non-hydrogen) atoms. The summed E-state index contributed by atoms with van der Waals surface area (Å²) in [6, 6.07) is 3.85. The maximum Gasteiger partial charge on any atom is 0.234 e. The zero-order valence-corrected chi connectivity index (χ0v) is 13.8. The lowest BCUT2D eigenvalue weighted by atomic mass is 10.4. The van der Waals surface area contributed by atoms with Gasteiger partial charge >= 0.3 is 0 Å². The van der Waals surface area contributed by atoms with Crippen LogP contribution >= 0.6 is 11.8 Å². The molecule has 1 aliphatic heterocycles. The Morgan fingerprint density at radius 2 is 2.22 bits per heavy atom. The van der Waals surface area contributed by atoms with Gasteiger partial charge in [0.2, 0.25) is 11.8 Å². The molecule has 1 saturated heterocycles. The Kier molecular flexibility index (Phi) is 5.12. The highest BCUT2D eigenvalue weighted by atomic mass is 32.2. The molecule has 1 N–H and O–H groups in total. The molecule has 1 aliphatic rings. The largest absolute Gasteiger partial charge is 0.357 e. The average molecular weight is 333 g/mol. The number of hydrogen-bond acceptors (Lipinski definition) is 7. The highest BCUT2D eigenvalue weighted by Crippen LogP contribution is 2.19. The van der Waals surface area contributed by atoms with E-state index in [0.717, 1.165) is 18.9 Å². The van der Waals surface area contributed by atoms with E-state index in [1.54, 1.807) is 13.1 Å². The molecule has 122 valence electrons. The minimum absolute atomic E-state index is 0.0639. The molecule has 2 aromatic heterocycles. The van der Waals surface area contributed by atoms with E-state index in [0.29, 0.717) is 28.9 Å². The van der Waals surface area contributed by atoms with Crippen LogP contribution in [0.25, 0.3) is 0 Å². The molecule has 0 bridgehead atoms. The molecule has 0 spiro atoms. The predicted molar refractivity (Wildman–Crippen MR) is 89.5 cm³/mol. The van der Waals surface area contributed by atoms with Gasteiger partial charge in [0, 0.05) is 20.0 Å². The minimum Gasteiger partial charge on any atom is -0.357 e.